The Morgan fingerprint density at radius 2 is 1.67 bits per heavy atom. The molecular weight excluding hydrogens is 402 g/mol. The minimum atomic E-state index is -3.54. The number of hydrogen-bond donors (Lipinski definition) is 1. The number of nitrogens with zero attached hydrogens (tertiary/aromatic N) is 2. The van der Waals surface area contributed by atoms with Crippen LogP contribution in [0.2, 0.25) is 0 Å². The van der Waals surface area contributed by atoms with Gasteiger partial charge in [-0.25, -0.2) is 8.42 Å². The maximum absolute atomic E-state index is 12.9. The van der Waals surface area contributed by atoms with Gasteiger partial charge in [0, 0.05) is 44.2 Å². The molecule has 0 unspecified atom stereocenters. The highest BCUT2D eigenvalue weighted by Crippen LogP contribution is 2.26. The Bertz CT molecular complexity index is 794. The van der Waals surface area contributed by atoms with Crippen LogP contribution in [0, 0.1) is 5.92 Å². The molecule has 1 N–H and O–H groups in total. The molecule has 0 bridgehead atoms. The van der Waals surface area contributed by atoms with Crippen molar-refractivity contribution in [3.8, 4) is 5.75 Å². The first kappa shape index (κ1) is 23.0. The van der Waals surface area contributed by atoms with Crippen molar-refractivity contribution in [2.45, 2.75) is 63.4 Å². The van der Waals surface area contributed by atoms with E-state index in [0.29, 0.717) is 44.3 Å². The second-order valence-electron chi connectivity index (χ2n) is 8.50. The number of hydrogen-bond acceptors (Lipinski definition) is 5. The minimum Gasteiger partial charge on any atom is -0.494 e. The molecule has 2 aliphatic heterocycles. The summed E-state index contributed by atoms with van der Waals surface area (Å²) >= 11 is 0. The van der Waals surface area contributed by atoms with Crippen molar-refractivity contribution in [1.29, 1.82) is 0 Å². The molecule has 0 saturated carbocycles. The van der Waals surface area contributed by atoms with Gasteiger partial charge in [-0.05, 0) is 70.7 Å². The number of sulfonamides is 1. The first-order chi connectivity index (χ1) is 14.3. The Kier molecular flexibility index (Phi) is 7.76. The molecule has 3 rings (SSSR count). The fraction of sp³-hybridized carbons (Fsp3) is 0.682. The van der Waals surface area contributed by atoms with Crippen LogP contribution in [0.15, 0.2) is 29.2 Å². The van der Waals surface area contributed by atoms with Gasteiger partial charge in [-0.1, -0.05) is 0 Å². The number of ether oxygens (including phenoxy) is 1. The van der Waals surface area contributed by atoms with E-state index >= 15 is 0 Å². The van der Waals surface area contributed by atoms with Gasteiger partial charge in [-0.15, -0.1) is 0 Å². The summed E-state index contributed by atoms with van der Waals surface area (Å²) in [6.07, 6.45) is 3.09. The molecular formula is C22H35N3O4S. The zero-order valence-electron chi connectivity index (χ0n) is 18.3. The Labute approximate surface area is 180 Å². The van der Waals surface area contributed by atoms with E-state index < -0.39 is 10.0 Å². The highest BCUT2D eigenvalue weighted by Gasteiger charge is 2.33. The van der Waals surface area contributed by atoms with Crippen molar-refractivity contribution < 1.29 is 17.9 Å². The maximum Gasteiger partial charge on any atom is 0.243 e. The predicted octanol–water partition coefficient (Wildman–Crippen LogP) is 2.48. The average molecular weight is 438 g/mol. The summed E-state index contributed by atoms with van der Waals surface area (Å²) in [7, 11) is -3.54. The van der Waals surface area contributed by atoms with E-state index in [-0.39, 0.29) is 22.8 Å². The molecule has 0 aromatic heterocycles. The van der Waals surface area contributed by atoms with Crippen molar-refractivity contribution in [1.82, 2.24) is 14.5 Å². The number of amides is 1. The molecule has 168 valence electrons. The van der Waals surface area contributed by atoms with E-state index in [2.05, 4.69) is 24.1 Å². The zero-order valence-corrected chi connectivity index (χ0v) is 19.2. The summed E-state index contributed by atoms with van der Waals surface area (Å²) in [5.41, 5.74) is 0. The normalized spacial score (nSPS) is 20.4. The third-order valence-electron chi connectivity index (χ3n) is 6.20. The predicted molar refractivity (Wildman–Crippen MR) is 117 cm³/mol. The van der Waals surface area contributed by atoms with E-state index in [9.17, 15) is 13.2 Å². The zero-order chi connectivity index (χ0) is 21.7. The van der Waals surface area contributed by atoms with E-state index in [4.69, 9.17) is 4.74 Å². The van der Waals surface area contributed by atoms with Crippen molar-refractivity contribution in [2.75, 3.05) is 32.8 Å². The van der Waals surface area contributed by atoms with Gasteiger partial charge in [0.1, 0.15) is 5.75 Å². The quantitative estimate of drug-likeness (QED) is 0.709. The van der Waals surface area contributed by atoms with E-state index in [1.54, 1.807) is 24.3 Å². The van der Waals surface area contributed by atoms with Crippen LogP contribution in [0.25, 0.3) is 0 Å². The van der Waals surface area contributed by atoms with E-state index in [0.717, 1.165) is 25.9 Å². The lowest BCUT2D eigenvalue weighted by Gasteiger charge is -2.36. The molecule has 2 heterocycles. The molecule has 1 aromatic carbocycles. The smallest absolute Gasteiger partial charge is 0.243 e. The topological polar surface area (TPSA) is 79.0 Å². The lowest BCUT2D eigenvalue weighted by Crippen LogP contribution is -2.49. The number of nitrogens with one attached hydrogen (secondary N) is 1. The van der Waals surface area contributed by atoms with Gasteiger partial charge >= 0.3 is 0 Å². The summed E-state index contributed by atoms with van der Waals surface area (Å²) in [6.45, 7) is 9.61. The molecule has 2 saturated heterocycles. The molecule has 30 heavy (non-hydrogen) atoms. The summed E-state index contributed by atoms with van der Waals surface area (Å²) in [6, 6.07) is 7.31. The van der Waals surface area contributed by atoms with Crippen LogP contribution in [0.4, 0.5) is 0 Å². The van der Waals surface area contributed by atoms with Crippen molar-refractivity contribution in [3.05, 3.63) is 24.3 Å². The van der Waals surface area contributed by atoms with Crippen molar-refractivity contribution >= 4 is 15.9 Å². The Hall–Kier alpha value is -1.64. The molecule has 0 spiro atoms. The van der Waals surface area contributed by atoms with Gasteiger partial charge in [0.25, 0.3) is 0 Å². The summed E-state index contributed by atoms with van der Waals surface area (Å²) in [4.78, 5) is 15.4. The monoisotopic (exact) mass is 437 g/mol. The van der Waals surface area contributed by atoms with Crippen molar-refractivity contribution in [2.24, 2.45) is 5.92 Å². The van der Waals surface area contributed by atoms with E-state index in [1.165, 1.54) is 4.31 Å². The van der Waals surface area contributed by atoms with Crippen LogP contribution in [-0.2, 0) is 14.8 Å². The Morgan fingerprint density at radius 1 is 1.07 bits per heavy atom. The molecule has 1 amide bonds. The molecule has 0 radical (unpaired) electrons. The van der Waals surface area contributed by atoms with Gasteiger partial charge in [0.2, 0.25) is 15.9 Å². The first-order valence-electron chi connectivity index (χ1n) is 11.1. The maximum atomic E-state index is 12.9. The number of benzene rings is 1. The largest absolute Gasteiger partial charge is 0.494 e. The SMILES string of the molecule is CCOc1ccc(S(=O)(=O)N2CCC(C(=O)NC3CCN(C(C)C)CC3)CC2)cc1. The van der Waals surface area contributed by atoms with Crippen LogP contribution in [-0.4, -0.2) is 68.4 Å². The van der Waals surface area contributed by atoms with Gasteiger partial charge in [-0.3, -0.25) is 4.79 Å². The first-order valence-corrected chi connectivity index (χ1v) is 12.5. The second kappa shape index (κ2) is 10.1. The fourth-order valence-electron chi connectivity index (χ4n) is 4.26. The highest BCUT2D eigenvalue weighted by molar-refractivity contribution is 7.89. The Morgan fingerprint density at radius 3 is 2.20 bits per heavy atom. The van der Waals surface area contributed by atoms with Gasteiger partial charge in [0.15, 0.2) is 0 Å². The molecule has 2 aliphatic rings. The molecule has 1 aromatic rings. The highest BCUT2D eigenvalue weighted by atomic mass is 32.2. The van der Waals surface area contributed by atoms with Crippen LogP contribution in [0.1, 0.15) is 46.5 Å². The van der Waals surface area contributed by atoms with Crippen LogP contribution in [0.3, 0.4) is 0 Å². The average Bonchev–Trinajstić information content (AvgIpc) is 2.75. The Balaban J connectivity index is 1.49. The number of carbonyl (C=O) groups excluding carboxylic acids is 1. The molecule has 8 heteroatoms. The van der Waals surface area contributed by atoms with Crippen molar-refractivity contribution in [3.63, 3.8) is 0 Å². The second-order valence-corrected chi connectivity index (χ2v) is 10.4. The van der Waals surface area contributed by atoms with E-state index in [1.807, 2.05) is 6.92 Å². The van der Waals surface area contributed by atoms with Crippen LogP contribution >= 0.6 is 0 Å². The number of rotatable bonds is 7. The molecule has 7 nitrogen and oxygen atoms in total. The molecule has 0 atom stereocenters. The van der Waals surface area contributed by atoms with Crippen LogP contribution in [0.5, 0.6) is 5.75 Å². The minimum absolute atomic E-state index is 0.0797. The standard InChI is InChI=1S/C22H35N3O4S/c1-4-29-20-5-7-21(8-6-20)30(27,28)25-15-9-18(10-16-25)22(26)23-19-11-13-24(14-12-19)17(2)3/h5-8,17-19H,4,9-16H2,1-3H3,(H,23,26). The van der Waals surface area contributed by atoms with Gasteiger partial charge in [0.05, 0.1) is 11.5 Å². The molecule has 0 aliphatic carbocycles. The lowest BCUT2D eigenvalue weighted by atomic mass is 9.95. The third kappa shape index (κ3) is 5.53. The van der Waals surface area contributed by atoms with Crippen LogP contribution < -0.4 is 10.1 Å². The number of piperidine rings is 2. The number of likely N-dealkylation sites (tertiary alicyclic amines) is 1. The van der Waals surface area contributed by atoms with Gasteiger partial charge < -0.3 is 15.0 Å². The number of carbonyl (C=O) groups is 1. The summed E-state index contributed by atoms with van der Waals surface area (Å²) in [5.74, 6) is 0.627. The fourth-order valence-corrected chi connectivity index (χ4v) is 5.73. The third-order valence-corrected chi connectivity index (χ3v) is 8.12. The van der Waals surface area contributed by atoms with Gasteiger partial charge in [-0.2, -0.15) is 4.31 Å². The molecule has 2 fully saturated rings. The lowest BCUT2D eigenvalue weighted by molar-refractivity contribution is -0.127. The summed E-state index contributed by atoms with van der Waals surface area (Å²) < 4.78 is 32.7. The summed E-state index contributed by atoms with van der Waals surface area (Å²) in [5, 5.41) is 3.20.